The van der Waals surface area contributed by atoms with Crippen LogP contribution in [0.2, 0.25) is 0 Å². The van der Waals surface area contributed by atoms with Crippen molar-refractivity contribution >= 4 is 17.8 Å². The zero-order valence-electron chi connectivity index (χ0n) is 16.2. The van der Waals surface area contributed by atoms with Crippen molar-refractivity contribution in [3.05, 3.63) is 32.1 Å². The van der Waals surface area contributed by atoms with E-state index in [9.17, 15) is 24.0 Å². The maximum atomic E-state index is 12.6. The Morgan fingerprint density at radius 1 is 1.04 bits per heavy atom. The lowest BCUT2D eigenvalue weighted by Gasteiger charge is -2.19. The number of hydrogen-bond donors (Lipinski definition) is 1. The molecule has 0 saturated carbocycles. The molecule has 0 bridgehead atoms. The molecule has 0 aromatic carbocycles. The molecule has 150 valence electrons. The maximum absolute atomic E-state index is 12.6. The van der Waals surface area contributed by atoms with Crippen molar-refractivity contribution < 1.29 is 23.9 Å². The van der Waals surface area contributed by atoms with Crippen molar-refractivity contribution in [2.75, 3.05) is 19.8 Å². The standard InChI is InChI=1S/C17H25N3O7/c1-6-26-13(22)9-18-12(21)8-11(16(24)27-7-2)14-10(3)19(4)17(25)20(5)15(14)23/h11H,6-9H2,1-5H3,(H,18,21). The lowest BCUT2D eigenvalue weighted by Crippen LogP contribution is -2.43. The van der Waals surface area contributed by atoms with Crippen LogP contribution < -0.4 is 16.6 Å². The first-order valence-electron chi connectivity index (χ1n) is 8.51. The summed E-state index contributed by atoms with van der Waals surface area (Å²) in [6.45, 7) is 4.63. The van der Waals surface area contributed by atoms with E-state index in [2.05, 4.69) is 5.32 Å². The van der Waals surface area contributed by atoms with E-state index in [0.717, 1.165) is 4.57 Å². The number of nitrogens with one attached hydrogen (secondary N) is 1. The molecule has 1 atom stereocenters. The monoisotopic (exact) mass is 383 g/mol. The molecule has 1 heterocycles. The average Bonchev–Trinajstić information content (AvgIpc) is 2.62. The van der Waals surface area contributed by atoms with Crippen molar-refractivity contribution in [1.82, 2.24) is 14.5 Å². The van der Waals surface area contributed by atoms with E-state index in [-0.39, 0.29) is 31.0 Å². The molecule has 10 nitrogen and oxygen atoms in total. The Morgan fingerprint density at radius 2 is 1.63 bits per heavy atom. The first kappa shape index (κ1) is 22.1. The van der Waals surface area contributed by atoms with Crippen LogP contribution in [0.3, 0.4) is 0 Å². The highest BCUT2D eigenvalue weighted by atomic mass is 16.5. The van der Waals surface area contributed by atoms with Crippen LogP contribution in [0.25, 0.3) is 0 Å². The third kappa shape index (κ3) is 5.28. The van der Waals surface area contributed by atoms with Gasteiger partial charge in [-0.15, -0.1) is 0 Å². The van der Waals surface area contributed by atoms with Gasteiger partial charge in [-0.1, -0.05) is 0 Å². The number of amides is 1. The summed E-state index contributed by atoms with van der Waals surface area (Å²) in [6.07, 6.45) is -0.410. The Hall–Kier alpha value is -2.91. The normalized spacial score (nSPS) is 11.6. The first-order valence-corrected chi connectivity index (χ1v) is 8.51. The average molecular weight is 383 g/mol. The summed E-state index contributed by atoms with van der Waals surface area (Å²) in [5.41, 5.74) is -0.953. The minimum atomic E-state index is -1.21. The van der Waals surface area contributed by atoms with Gasteiger partial charge in [0.05, 0.1) is 24.7 Å². The van der Waals surface area contributed by atoms with E-state index in [1.807, 2.05) is 0 Å². The van der Waals surface area contributed by atoms with Crippen LogP contribution in [0, 0.1) is 6.92 Å². The minimum absolute atomic E-state index is 0.00401. The number of ether oxygens (including phenoxy) is 2. The molecule has 1 aromatic rings. The van der Waals surface area contributed by atoms with Crippen molar-refractivity contribution in [1.29, 1.82) is 0 Å². The van der Waals surface area contributed by atoms with Crippen LogP contribution in [0.5, 0.6) is 0 Å². The summed E-state index contributed by atoms with van der Waals surface area (Å²) in [5, 5.41) is 2.35. The summed E-state index contributed by atoms with van der Waals surface area (Å²) >= 11 is 0. The van der Waals surface area contributed by atoms with E-state index in [1.165, 1.54) is 25.6 Å². The van der Waals surface area contributed by atoms with Crippen LogP contribution in [-0.2, 0) is 38.0 Å². The largest absolute Gasteiger partial charge is 0.466 e. The van der Waals surface area contributed by atoms with Gasteiger partial charge in [-0.2, -0.15) is 0 Å². The Kier molecular flexibility index (Phi) is 7.95. The molecular weight excluding hydrogens is 358 g/mol. The summed E-state index contributed by atoms with van der Waals surface area (Å²) in [6, 6.07) is 0. The molecule has 1 rings (SSSR count). The number of rotatable bonds is 8. The van der Waals surface area contributed by atoms with Crippen LogP contribution in [0.1, 0.15) is 37.4 Å². The molecule has 0 fully saturated rings. The Bertz CT molecular complexity index is 838. The molecule has 0 radical (unpaired) electrons. The van der Waals surface area contributed by atoms with Crippen LogP contribution in [-0.4, -0.2) is 46.7 Å². The van der Waals surface area contributed by atoms with Crippen molar-refractivity contribution in [3.63, 3.8) is 0 Å². The second-order valence-electron chi connectivity index (χ2n) is 5.80. The van der Waals surface area contributed by atoms with Crippen molar-refractivity contribution in [3.8, 4) is 0 Å². The maximum Gasteiger partial charge on any atom is 0.330 e. The molecule has 0 spiro atoms. The lowest BCUT2D eigenvalue weighted by molar-refractivity contribution is -0.146. The van der Waals surface area contributed by atoms with Gasteiger partial charge in [-0.25, -0.2) is 4.79 Å². The molecule has 0 aliphatic rings. The number of carbonyl (C=O) groups is 3. The van der Waals surface area contributed by atoms with Gasteiger partial charge in [-0.05, 0) is 20.8 Å². The van der Waals surface area contributed by atoms with Crippen LogP contribution >= 0.6 is 0 Å². The predicted octanol–water partition coefficient (Wildman–Crippen LogP) is -0.891. The molecule has 0 saturated heterocycles. The van der Waals surface area contributed by atoms with Gasteiger partial charge < -0.3 is 19.4 Å². The summed E-state index contributed by atoms with van der Waals surface area (Å²) in [7, 11) is 2.75. The van der Waals surface area contributed by atoms with Gasteiger partial charge in [0, 0.05) is 26.2 Å². The minimum Gasteiger partial charge on any atom is -0.466 e. The topological polar surface area (TPSA) is 126 Å². The lowest BCUT2D eigenvalue weighted by atomic mass is 9.94. The molecule has 1 amide bonds. The second-order valence-corrected chi connectivity index (χ2v) is 5.80. The van der Waals surface area contributed by atoms with Gasteiger partial charge in [0.25, 0.3) is 5.56 Å². The van der Waals surface area contributed by atoms with E-state index >= 15 is 0 Å². The summed E-state index contributed by atoms with van der Waals surface area (Å²) in [5.74, 6) is -3.22. The van der Waals surface area contributed by atoms with E-state index in [4.69, 9.17) is 9.47 Å². The van der Waals surface area contributed by atoms with Crippen LogP contribution in [0.15, 0.2) is 9.59 Å². The Balaban J connectivity index is 3.23. The zero-order chi connectivity index (χ0) is 20.7. The highest BCUT2D eigenvalue weighted by Crippen LogP contribution is 2.21. The fourth-order valence-corrected chi connectivity index (χ4v) is 2.56. The van der Waals surface area contributed by atoms with Gasteiger partial charge in [-0.3, -0.25) is 23.7 Å². The molecule has 0 aliphatic carbocycles. The number of esters is 2. The number of aromatic nitrogens is 2. The molecule has 1 aromatic heterocycles. The zero-order valence-corrected chi connectivity index (χ0v) is 16.2. The molecule has 1 unspecified atom stereocenters. The highest BCUT2D eigenvalue weighted by molar-refractivity contribution is 5.88. The van der Waals surface area contributed by atoms with Gasteiger partial charge in [0.15, 0.2) is 0 Å². The van der Waals surface area contributed by atoms with Crippen LogP contribution in [0.4, 0.5) is 0 Å². The van der Waals surface area contributed by atoms with Crippen molar-refractivity contribution in [2.24, 2.45) is 14.1 Å². The van der Waals surface area contributed by atoms with Crippen molar-refractivity contribution in [2.45, 2.75) is 33.1 Å². The van der Waals surface area contributed by atoms with Gasteiger partial charge in [0.1, 0.15) is 6.54 Å². The molecule has 1 N–H and O–H groups in total. The van der Waals surface area contributed by atoms with Gasteiger partial charge >= 0.3 is 17.6 Å². The molecule has 0 aliphatic heterocycles. The SMILES string of the molecule is CCOC(=O)CNC(=O)CC(C(=O)OCC)c1c(C)n(C)c(=O)n(C)c1=O. The second kappa shape index (κ2) is 9.70. The fraction of sp³-hybridized carbons (Fsp3) is 0.588. The number of nitrogens with zero attached hydrogens (tertiary/aromatic N) is 2. The Morgan fingerprint density at radius 3 is 2.19 bits per heavy atom. The predicted molar refractivity (Wildman–Crippen MR) is 95.3 cm³/mol. The third-order valence-corrected chi connectivity index (χ3v) is 4.05. The summed E-state index contributed by atoms with van der Waals surface area (Å²) in [4.78, 5) is 60.6. The van der Waals surface area contributed by atoms with E-state index in [1.54, 1.807) is 13.8 Å². The fourth-order valence-electron chi connectivity index (χ4n) is 2.56. The third-order valence-electron chi connectivity index (χ3n) is 4.05. The smallest absolute Gasteiger partial charge is 0.330 e. The highest BCUT2D eigenvalue weighted by Gasteiger charge is 2.31. The van der Waals surface area contributed by atoms with E-state index < -0.39 is 41.4 Å². The first-order chi connectivity index (χ1) is 12.6. The number of carbonyl (C=O) groups excluding carboxylic acids is 3. The summed E-state index contributed by atoms with van der Waals surface area (Å²) < 4.78 is 11.8. The molecule has 27 heavy (non-hydrogen) atoms. The number of hydrogen-bond acceptors (Lipinski definition) is 7. The molecular formula is C17H25N3O7. The Labute approximate surface area is 156 Å². The van der Waals surface area contributed by atoms with Gasteiger partial charge in [0.2, 0.25) is 5.91 Å². The van der Waals surface area contributed by atoms with E-state index in [0.29, 0.717) is 0 Å². The molecule has 10 heteroatoms. The quantitative estimate of drug-likeness (QED) is 0.577.